The predicted octanol–water partition coefficient (Wildman–Crippen LogP) is 7.04. The molecule has 1 aliphatic heterocycles. The largest absolute Gasteiger partial charge is 0.489 e. The van der Waals surface area contributed by atoms with Crippen LogP contribution in [-0.4, -0.2) is 28.5 Å². The molecule has 1 saturated heterocycles. The second kappa shape index (κ2) is 11.3. The Morgan fingerprint density at radius 2 is 1.75 bits per heavy atom. The molecule has 1 aliphatic rings. The van der Waals surface area contributed by atoms with Gasteiger partial charge in [0.1, 0.15) is 24.7 Å². The SMILES string of the molecule is O=C(CN1C(=O)S/C(=C/c2ccc(OCc3ccc(Cl)cc3Cl)cc2)C1=O)Nc1ccc(F)c(Cl)c1. The maximum atomic E-state index is 13.3. The average Bonchev–Trinajstić information content (AvgIpc) is 3.09. The van der Waals surface area contributed by atoms with Gasteiger partial charge in [-0.1, -0.05) is 53.0 Å². The number of rotatable bonds is 7. The van der Waals surface area contributed by atoms with Crippen LogP contribution in [0.1, 0.15) is 11.1 Å². The van der Waals surface area contributed by atoms with Crippen molar-refractivity contribution in [2.45, 2.75) is 6.61 Å². The van der Waals surface area contributed by atoms with E-state index in [4.69, 9.17) is 39.5 Å². The lowest BCUT2D eigenvalue weighted by Crippen LogP contribution is -2.36. The van der Waals surface area contributed by atoms with Gasteiger partial charge in [0.15, 0.2) is 0 Å². The van der Waals surface area contributed by atoms with Crippen molar-refractivity contribution in [3.8, 4) is 5.75 Å². The number of hydrogen-bond donors (Lipinski definition) is 1. The molecule has 0 radical (unpaired) electrons. The molecule has 3 aromatic carbocycles. The first kappa shape index (κ1) is 26.0. The van der Waals surface area contributed by atoms with Gasteiger partial charge in [0.05, 0.1) is 9.93 Å². The summed E-state index contributed by atoms with van der Waals surface area (Å²) in [4.78, 5) is 38.4. The fraction of sp³-hybridized carbons (Fsp3) is 0.0800. The normalized spacial score (nSPS) is 14.4. The Balaban J connectivity index is 1.36. The number of carbonyl (C=O) groups is 3. The Morgan fingerprint density at radius 3 is 2.44 bits per heavy atom. The number of amides is 3. The Hall–Kier alpha value is -3.04. The van der Waals surface area contributed by atoms with Gasteiger partial charge >= 0.3 is 0 Å². The van der Waals surface area contributed by atoms with Crippen LogP contribution in [-0.2, 0) is 16.2 Å². The molecule has 0 saturated carbocycles. The number of ether oxygens (including phenoxy) is 1. The number of thioether (sulfide) groups is 1. The van der Waals surface area contributed by atoms with E-state index < -0.39 is 29.4 Å². The summed E-state index contributed by atoms with van der Waals surface area (Å²) in [5.41, 5.74) is 1.70. The summed E-state index contributed by atoms with van der Waals surface area (Å²) in [7, 11) is 0. The molecule has 4 rings (SSSR count). The monoisotopic (exact) mass is 564 g/mol. The van der Waals surface area contributed by atoms with Gasteiger partial charge in [-0.25, -0.2) is 4.39 Å². The lowest BCUT2D eigenvalue weighted by atomic mass is 10.2. The fourth-order valence-electron chi connectivity index (χ4n) is 3.17. The highest BCUT2D eigenvalue weighted by Crippen LogP contribution is 2.32. The molecule has 0 bridgehead atoms. The Labute approximate surface area is 225 Å². The zero-order valence-corrected chi connectivity index (χ0v) is 21.3. The Kier molecular flexibility index (Phi) is 8.21. The van der Waals surface area contributed by atoms with Crippen LogP contribution in [0.25, 0.3) is 6.08 Å². The maximum absolute atomic E-state index is 13.3. The number of hydrogen-bond acceptors (Lipinski definition) is 5. The van der Waals surface area contributed by atoms with Crippen molar-refractivity contribution in [2.75, 3.05) is 11.9 Å². The standard InChI is InChI=1S/C25H16Cl3FN2O4S/c26-16-4-3-15(19(27)10-16)13-35-18-6-1-14(2-7-18)9-22-24(33)31(25(34)36-22)12-23(32)30-17-5-8-21(29)20(28)11-17/h1-11H,12-13H2,(H,30,32)/b22-9+. The topological polar surface area (TPSA) is 75.7 Å². The first-order valence-electron chi connectivity index (χ1n) is 10.4. The second-order valence-electron chi connectivity index (χ2n) is 7.54. The molecule has 0 atom stereocenters. The van der Waals surface area contributed by atoms with E-state index in [2.05, 4.69) is 5.32 Å². The van der Waals surface area contributed by atoms with Crippen LogP contribution in [0.4, 0.5) is 14.9 Å². The van der Waals surface area contributed by atoms with E-state index in [0.717, 1.165) is 28.3 Å². The number of nitrogens with one attached hydrogen (secondary N) is 1. The van der Waals surface area contributed by atoms with Gasteiger partial charge in [-0.2, -0.15) is 0 Å². The summed E-state index contributed by atoms with van der Waals surface area (Å²) in [6.45, 7) is -0.239. The summed E-state index contributed by atoms with van der Waals surface area (Å²) < 4.78 is 19.0. The first-order valence-corrected chi connectivity index (χ1v) is 12.3. The van der Waals surface area contributed by atoms with Gasteiger partial charge in [0.2, 0.25) is 5.91 Å². The molecule has 0 aliphatic carbocycles. The molecule has 184 valence electrons. The van der Waals surface area contributed by atoms with Gasteiger partial charge in [-0.05, 0) is 65.9 Å². The number of anilines is 1. The number of imide groups is 1. The zero-order valence-electron chi connectivity index (χ0n) is 18.3. The van der Waals surface area contributed by atoms with E-state index in [1.165, 1.54) is 12.1 Å². The van der Waals surface area contributed by atoms with E-state index in [0.29, 0.717) is 21.4 Å². The molecular formula is C25H16Cl3FN2O4S. The van der Waals surface area contributed by atoms with Crippen LogP contribution < -0.4 is 10.1 Å². The number of carbonyl (C=O) groups excluding carboxylic acids is 3. The second-order valence-corrected chi connectivity index (χ2v) is 9.78. The van der Waals surface area contributed by atoms with Gasteiger partial charge in [0.25, 0.3) is 11.1 Å². The lowest BCUT2D eigenvalue weighted by molar-refractivity contribution is -0.127. The van der Waals surface area contributed by atoms with Crippen LogP contribution in [0, 0.1) is 5.82 Å². The molecule has 1 fully saturated rings. The third-order valence-corrected chi connectivity index (χ3v) is 6.75. The van der Waals surface area contributed by atoms with Crippen LogP contribution in [0.15, 0.2) is 65.6 Å². The maximum Gasteiger partial charge on any atom is 0.294 e. The summed E-state index contributed by atoms with van der Waals surface area (Å²) in [6.07, 6.45) is 1.56. The minimum Gasteiger partial charge on any atom is -0.489 e. The highest BCUT2D eigenvalue weighted by molar-refractivity contribution is 8.18. The number of halogens is 4. The number of nitrogens with zero attached hydrogens (tertiary/aromatic N) is 1. The zero-order chi connectivity index (χ0) is 25.8. The molecule has 6 nitrogen and oxygen atoms in total. The van der Waals surface area contributed by atoms with Gasteiger partial charge in [-0.15, -0.1) is 0 Å². The first-order chi connectivity index (χ1) is 17.2. The van der Waals surface area contributed by atoms with Gasteiger partial charge in [0, 0.05) is 21.3 Å². The summed E-state index contributed by atoms with van der Waals surface area (Å²) in [5, 5.41) is 2.80. The molecule has 36 heavy (non-hydrogen) atoms. The lowest BCUT2D eigenvalue weighted by Gasteiger charge is -2.12. The smallest absolute Gasteiger partial charge is 0.294 e. The molecule has 11 heteroatoms. The van der Waals surface area contributed by atoms with Crippen molar-refractivity contribution in [1.82, 2.24) is 4.90 Å². The summed E-state index contributed by atoms with van der Waals surface area (Å²) in [6, 6.07) is 15.7. The van der Waals surface area contributed by atoms with Crippen LogP contribution in [0.5, 0.6) is 5.75 Å². The summed E-state index contributed by atoms with van der Waals surface area (Å²) in [5.74, 6) is -1.25. The molecule has 1 heterocycles. The van der Waals surface area contributed by atoms with Crippen LogP contribution in [0.3, 0.4) is 0 Å². The molecule has 3 amide bonds. The summed E-state index contributed by atoms with van der Waals surface area (Å²) >= 11 is 18.5. The number of benzene rings is 3. The average molecular weight is 566 g/mol. The van der Waals surface area contributed by atoms with Gasteiger partial charge in [-0.3, -0.25) is 19.3 Å². The van der Waals surface area contributed by atoms with E-state index in [9.17, 15) is 18.8 Å². The highest BCUT2D eigenvalue weighted by atomic mass is 35.5. The van der Waals surface area contributed by atoms with Crippen molar-refractivity contribution >= 4 is 75.4 Å². The van der Waals surface area contributed by atoms with E-state index in [-0.39, 0.29) is 22.2 Å². The third-order valence-electron chi connectivity index (χ3n) is 4.97. The quantitative estimate of drug-likeness (QED) is 0.311. The molecule has 3 aromatic rings. The van der Waals surface area contributed by atoms with Crippen LogP contribution in [0.2, 0.25) is 15.1 Å². The Morgan fingerprint density at radius 1 is 1.00 bits per heavy atom. The van der Waals surface area contributed by atoms with Crippen LogP contribution >= 0.6 is 46.6 Å². The minimum atomic E-state index is -0.628. The molecule has 0 spiro atoms. The highest BCUT2D eigenvalue weighted by Gasteiger charge is 2.36. The molecule has 1 N–H and O–H groups in total. The van der Waals surface area contributed by atoms with E-state index >= 15 is 0 Å². The van der Waals surface area contributed by atoms with E-state index in [1.54, 1.807) is 48.5 Å². The third kappa shape index (κ3) is 6.39. The fourth-order valence-corrected chi connectivity index (χ4v) is 4.65. The Bertz CT molecular complexity index is 1380. The van der Waals surface area contributed by atoms with Gasteiger partial charge < -0.3 is 10.1 Å². The van der Waals surface area contributed by atoms with Crippen molar-refractivity contribution in [1.29, 1.82) is 0 Å². The molecule has 0 unspecified atom stereocenters. The minimum absolute atomic E-state index is 0.160. The van der Waals surface area contributed by atoms with Crippen molar-refractivity contribution in [3.63, 3.8) is 0 Å². The van der Waals surface area contributed by atoms with Crippen molar-refractivity contribution < 1.29 is 23.5 Å². The van der Waals surface area contributed by atoms with Crippen molar-refractivity contribution in [2.24, 2.45) is 0 Å². The molecule has 0 aromatic heterocycles. The predicted molar refractivity (Wildman–Crippen MR) is 140 cm³/mol. The molecular weight excluding hydrogens is 550 g/mol. The van der Waals surface area contributed by atoms with E-state index in [1.807, 2.05) is 0 Å². The van der Waals surface area contributed by atoms with Crippen molar-refractivity contribution in [3.05, 3.63) is 97.6 Å².